The van der Waals surface area contributed by atoms with Crippen molar-refractivity contribution in [2.75, 3.05) is 0 Å². The minimum absolute atomic E-state index is 0.0707. The van der Waals surface area contributed by atoms with Gasteiger partial charge in [-0.15, -0.1) is 0 Å². The summed E-state index contributed by atoms with van der Waals surface area (Å²) >= 11 is 0. The SMILES string of the molecule is C=C1C=CC=CN1/C(=C\C(C)CC)C(C)=O. The number of Topliss-reactive ketones (excluding diaryl/α,β-unsaturated/α-hetero) is 1. The van der Waals surface area contributed by atoms with Crippen molar-refractivity contribution in [1.82, 2.24) is 4.90 Å². The second kappa shape index (κ2) is 5.50. The molecule has 0 spiro atoms. The van der Waals surface area contributed by atoms with Gasteiger partial charge in [0, 0.05) is 18.8 Å². The molecule has 0 aromatic carbocycles. The number of hydrogen-bond acceptors (Lipinski definition) is 2. The summed E-state index contributed by atoms with van der Waals surface area (Å²) in [7, 11) is 0. The van der Waals surface area contributed by atoms with Gasteiger partial charge in [0.05, 0.1) is 5.70 Å². The van der Waals surface area contributed by atoms with Crippen LogP contribution in [0.4, 0.5) is 0 Å². The van der Waals surface area contributed by atoms with Crippen molar-refractivity contribution in [2.24, 2.45) is 5.92 Å². The van der Waals surface area contributed by atoms with Crippen molar-refractivity contribution in [3.8, 4) is 0 Å². The summed E-state index contributed by atoms with van der Waals surface area (Å²) in [5, 5.41) is 0. The summed E-state index contributed by atoms with van der Waals surface area (Å²) in [5.41, 5.74) is 1.53. The second-order valence-corrected chi connectivity index (χ2v) is 4.06. The van der Waals surface area contributed by atoms with Gasteiger partial charge in [-0.05, 0) is 18.1 Å². The molecule has 0 aliphatic carbocycles. The lowest BCUT2D eigenvalue weighted by atomic mass is 10.1. The lowest BCUT2D eigenvalue weighted by Crippen LogP contribution is -2.21. The largest absolute Gasteiger partial charge is 0.315 e. The van der Waals surface area contributed by atoms with Gasteiger partial charge in [-0.1, -0.05) is 39.0 Å². The molecule has 0 N–H and O–H groups in total. The normalized spacial score (nSPS) is 17.8. The summed E-state index contributed by atoms with van der Waals surface area (Å²) in [5.74, 6) is 0.465. The molecule has 1 atom stereocenters. The molecule has 0 saturated carbocycles. The van der Waals surface area contributed by atoms with E-state index in [0.717, 1.165) is 12.1 Å². The minimum Gasteiger partial charge on any atom is -0.315 e. The second-order valence-electron chi connectivity index (χ2n) is 4.06. The van der Waals surface area contributed by atoms with E-state index in [1.54, 1.807) is 6.92 Å². The number of hydrogen-bond donors (Lipinski definition) is 0. The van der Waals surface area contributed by atoms with Crippen LogP contribution >= 0.6 is 0 Å². The van der Waals surface area contributed by atoms with E-state index in [9.17, 15) is 4.79 Å². The molecule has 1 unspecified atom stereocenters. The van der Waals surface area contributed by atoms with E-state index < -0.39 is 0 Å². The van der Waals surface area contributed by atoms with Gasteiger partial charge in [-0.2, -0.15) is 0 Å². The first-order valence-electron chi connectivity index (χ1n) is 5.62. The van der Waals surface area contributed by atoms with Crippen molar-refractivity contribution >= 4 is 5.78 Å². The molecular formula is C14H19NO. The monoisotopic (exact) mass is 217 g/mol. The van der Waals surface area contributed by atoms with Crippen LogP contribution in [-0.2, 0) is 4.79 Å². The zero-order valence-corrected chi connectivity index (χ0v) is 10.2. The molecule has 86 valence electrons. The Hall–Kier alpha value is -1.57. The molecule has 0 amide bonds. The predicted molar refractivity (Wildman–Crippen MR) is 67.5 cm³/mol. The molecule has 0 fully saturated rings. The highest BCUT2D eigenvalue weighted by Crippen LogP contribution is 2.20. The van der Waals surface area contributed by atoms with Crippen LogP contribution in [0.5, 0.6) is 0 Å². The molecular weight excluding hydrogens is 198 g/mol. The molecule has 0 saturated heterocycles. The quantitative estimate of drug-likeness (QED) is 0.673. The van der Waals surface area contributed by atoms with Gasteiger partial charge in [-0.25, -0.2) is 0 Å². The minimum atomic E-state index is 0.0707. The van der Waals surface area contributed by atoms with E-state index in [2.05, 4.69) is 20.4 Å². The van der Waals surface area contributed by atoms with Crippen LogP contribution in [0.3, 0.4) is 0 Å². The summed E-state index contributed by atoms with van der Waals surface area (Å²) in [6.45, 7) is 9.73. The number of allylic oxidation sites excluding steroid dienone is 5. The molecule has 0 aromatic heterocycles. The van der Waals surface area contributed by atoms with Gasteiger partial charge in [-0.3, -0.25) is 4.79 Å². The molecule has 1 aliphatic heterocycles. The van der Waals surface area contributed by atoms with Crippen molar-refractivity contribution in [3.05, 3.63) is 48.5 Å². The molecule has 1 heterocycles. The highest BCUT2D eigenvalue weighted by molar-refractivity contribution is 5.93. The molecule has 0 aromatic rings. The Morgan fingerprint density at radius 3 is 2.75 bits per heavy atom. The summed E-state index contributed by atoms with van der Waals surface area (Å²) in [4.78, 5) is 13.5. The Morgan fingerprint density at radius 2 is 2.25 bits per heavy atom. The standard InChI is InChI=1S/C14H19NO/c1-5-11(2)10-14(13(4)16)15-9-7-6-8-12(15)3/h6-11H,3,5H2,1-2,4H3/b14-10-. The summed E-state index contributed by atoms with van der Waals surface area (Å²) in [6.07, 6.45) is 10.6. The molecule has 0 radical (unpaired) electrons. The van der Waals surface area contributed by atoms with Gasteiger partial charge >= 0.3 is 0 Å². The fourth-order valence-electron chi connectivity index (χ4n) is 1.47. The van der Waals surface area contributed by atoms with Gasteiger partial charge in [0.25, 0.3) is 0 Å². The van der Waals surface area contributed by atoms with Crippen LogP contribution in [0, 0.1) is 5.92 Å². The molecule has 2 nitrogen and oxygen atoms in total. The zero-order chi connectivity index (χ0) is 12.1. The average molecular weight is 217 g/mol. The number of ketones is 1. The molecule has 16 heavy (non-hydrogen) atoms. The highest BCUT2D eigenvalue weighted by Gasteiger charge is 2.15. The van der Waals surface area contributed by atoms with Crippen molar-refractivity contribution in [3.63, 3.8) is 0 Å². The van der Waals surface area contributed by atoms with Crippen LogP contribution in [0.25, 0.3) is 0 Å². The zero-order valence-electron chi connectivity index (χ0n) is 10.2. The Labute approximate surface area is 97.6 Å². The van der Waals surface area contributed by atoms with E-state index >= 15 is 0 Å². The highest BCUT2D eigenvalue weighted by atomic mass is 16.1. The number of rotatable bonds is 4. The number of carbonyl (C=O) groups excluding carboxylic acids is 1. The summed E-state index contributed by atoms with van der Waals surface area (Å²) < 4.78 is 0. The van der Waals surface area contributed by atoms with Gasteiger partial charge in [0.2, 0.25) is 0 Å². The molecule has 0 bridgehead atoms. The molecule has 1 rings (SSSR count). The van der Waals surface area contributed by atoms with Crippen LogP contribution in [0.1, 0.15) is 27.2 Å². The van der Waals surface area contributed by atoms with E-state index in [-0.39, 0.29) is 5.78 Å². The smallest absolute Gasteiger partial charge is 0.176 e. The first-order valence-corrected chi connectivity index (χ1v) is 5.62. The third-order valence-corrected chi connectivity index (χ3v) is 2.65. The maximum absolute atomic E-state index is 11.6. The Kier molecular flexibility index (Phi) is 4.29. The van der Waals surface area contributed by atoms with Crippen molar-refractivity contribution < 1.29 is 4.79 Å². The number of carbonyl (C=O) groups is 1. The maximum atomic E-state index is 11.6. The number of nitrogens with zero attached hydrogens (tertiary/aromatic N) is 1. The average Bonchev–Trinajstić information content (AvgIpc) is 2.26. The topological polar surface area (TPSA) is 20.3 Å². The van der Waals surface area contributed by atoms with E-state index in [4.69, 9.17) is 0 Å². The molecule has 1 aliphatic rings. The van der Waals surface area contributed by atoms with E-state index in [1.807, 2.05) is 35.4 Å². The van der Waals surface area contributed by atoms with Crippen LogP contribution in [0.15, 0.2) is 48.5 Å². The van der Waals surface area contributed by atoms with Gasteiger partial charge < -0.3 is 4.90 Å². The third kappa shape index (κ3) is 2.96. The van der Waals surface area contributed by atoms with Crippen LogP contribution < -0.4 is 0 Å². The first kappa shape index (κ1) is 12.5. The lowest BCUT2D eigenvalue weighted by molar-refractivity contribution is -0.114. The summed E-state index contributed by atoms with van der Waals surface area (Å²) in [6, 6.07) is 0. The Balaban J connectivity index is 2.99. The fraction of sp³-hybridized carbons (Fsp3) is 0.357. The van der Waals surface area contributed by atoms with Crippen molar-refractivity contribution in [2.45, 2.75) is 27.2 Å². The molecule has 2 heteroatoms. The van der Waals surface area contributed by atoms with Crippen LogP contribution in [-0.4, -0.2) is 10.7 Å². The van der Waals surface area contributed by atoms with E-state index in [0.29, 0.717) is 11.6 Å². The lowest BCUT2D eigenvalue weighted by Gasteiger charge is -2.25. The first-order chi connectivity index (χ1) is 7.56. The van der Waals surface area contributed by atoms with E-state index in [1.165, 1.54) is 0 Å². The van der Waals surface area contributed by atoms with Gasteiger partial charge in [0.1, 0.15) is 0 Å². The predicted octanol–water partition coefficient (Wildman–Crippen LogP) is 3.40. The maximum Gasteiger partial charge on any atom is 0.176 e. The van der Waals surface area contributed by atoms with Crippen LogP contribution in [0.2, 0.25) is 0 Å². The Morgan fingerprint density at radius 1 is 1.56 bits per heavy atom. The third-order valence-electron chi connectivity index (χ3n) is 2.65. The fourth-order valence-corrected chi connectivity index (χ4v) is 1.47. The van der Waals surface area contributed by atoms with Crippen molar-refractivity contribution in [1.29, 1.82) is 0 Å². The van der Waals surface area contributed by atoms with Gasteiger partial charge in [0.15, 0.2) is 5.78 Å². The Bertz CT molecular complexity index is 374.